The predicted octanol–water partition coefficient (Wildman–Crippen LogP) is 8.13. The Morgan fingerprint density at radius 1 is 0.550 bits per heavy atom. The molecule has 2 aliphatic carbocycles. The van der Waals surface area contributed by atoms with E-state index in [2.05, 4.69) is 72.8 Å². The summed E-state index contributed by atoms with van der Waals surface area (Å²) in [5.41, 5.74) is 3.35. The van der Waals surface area contributed by atoms with Crippen molar-refractivity contribution in [1.82, 2.24) is 0 Å². The van der Waals surface area contributed by atoms with E-state index in [1.54, 1.807) is 35.5 Å². The average Bonchev–Trinajstić information content (AvgIpc) is 3.70. The average molecular weight is 665 g/mol. The Kier molecular flexibility index (Phi) is 15.1. The molecule has 0 heterocycles. The van der Waals surface area contributed by atoms with Gasteiger partial charge in [-0.25, -0.2) is 8.78 Å². The van der Waals surface area contributed by atoms with Crippen LogP contribution in [0.3, 0.4) is 0 Å². The van der Waals surface area contributed by atoms with E-state index in [1.807, 2.05) is 36.4 Å². The van der Waals surface area contributed by atoms with E-state index in [0.717, 1.165) is 35.1 Å². The van der Waals surface area contributed by atoms with Gasteiger partial charge in [0.15, 0.2) is 0 Å². The zero-order valence-corrected chi connectivity index (χ0v) is 26.8. The topological polar surface area (TPSA) is 0 Å². The van der Waals surface area contributed by atoms with Crippen LogP contribution in [-0.4, -0.2) is 5.43 Å². The van der Waals surface area contributed by atoms with Gasteiger partial charge >= 0.3 is 99.8 Å². The van der Waals surface area contributed by atoms with Crippen molar-refractivity contribution < 1.29 is 32.1 Å². The molecule has 0 bridgehead atoms. The zero-order chi connectivity index (χ0) is 26.6. The second-order valence-corrected chi connectivity index (χ2v) is 14.1. The molecule has 0 saturated heterocycles. The molecule has 6 heteroatoms. The van der Waals surface area contributed by atoms with E-state index in [1.165, 1.54) is 34.6 Å². The standard InChI is InChI=1S/C12H10Si.2C11H8F.2ClH.Zr/c1-3-7-11(8-4-1)13-12-9-5-2-6-10-12;2*12-11-7-3-6-10(8-11)9-4-1-2-5-9;;;/h1-10H;2*1,3-4,6-8H,2H2;2*1H;/q;2*-1;;;+2. The van der Waals surface area contributed by atoms with Gasteiger partial charge in [0.2, 0.25) is 0 Å². The normalized spacial score (nSPS) is 12.4. The van der Waals surface area contributed by atoms with Crippen molar-refractivity contribution in [3.8, 4) is 0 Å². The first-order valence-electron chi connectivity index (χ1n) is 12.4. The number of allylic oxidation sites excluding steroid dienone is 8. The van der Waals surface area contributed by atoms with Crippen LogP contribution in [0.2, 0.25) is 0 Å². The summed E-state index contributed by atoms with van der Waals surface area (Å²) in [6.45, 7) is 0. The van der Waals surface area contributed by atoms with Crippen molar-refractivity contribution >= 4 is 51.8 Å². The van der Waals surface area contributed by atoms with Gasteiger partial charge in [-0.3, -0.25) is 0 Å². The summed E-state index contributed by atoms with van der Waals surface area (Å²) in [7, 11) is 0. The maximum absolute atomic E-state index is 12.8. The number of hydrogen-bond donors (Lipinski definition) is 0. The molecule has 0 aromatic heterocycles. The summed E-state index contributed by atoms with van der Waals surface area (Å²) in [4.78, 5) is 0. The molecule has 0 saturated carbocycles. The Morgan fingerprint density at radius 2 is 0.950 bits per heavy atom. The van der Waals surface area contributed by atoms with Crippen molar-refractivity contribution in [2.24, 2.45) is 0 Å². The third kappa shape index (κ3) is 10.4. The van der Waals surface area contributed by atoms with Gasteiger partial charge < -0.3 is 0 Å². The summed E-state index contributed by atoms with van der Waals surface area (Å²) < 4.78 is 25.5. The molecular weight excluding hydrogens is 637 g/mol. The van der Waals surface area contributed by atoms with Crippen LogP contribution in [0, 0.1) is 23.8 Å². The van der Waals surface area contributed by atoms with Gasteiger partial charge in [0.1, 0.15) is 11.6 Å². The van der Waals surface area contributed by atoms with E-state index in [0.29, 0.717) is 0 Å². The molecule has 2 aliphatic rings. The van der Waals surface area contributed by atoms with Crippen molar-refractivity contribution in [2.45, 2.75) is 12.8 Å². The SMILES string of the molecule is Cl.Cl.Fc1cccc(C2=[C-]CC=C2)c1.Fc1cccc(C2=[C-]CC=C2)c1.[Zr+2]=[Si](c1ccccc1)c1ccccc1. The predicted molar refractivity (Wildman–Crippen MR) is 166 cm³/mol. The van der Waals surface area contributed by atoms with Gasteiger partial charge in [0.05, 0.1) is 0 Å². The van der Waals surface area contributed by atoms with E-state index >= 15 is 0 Å². The molecule has 0 amide bonds. The van der Waals surface area contributed by atoms with Crippen LogP contribution in [0.5, 0.6) is 0 Å². The third-order valence-corrected chi connectivity index (χ3v) is 11.9. The summed E-state index contributed by atoms with van der Waals surface area (Å²) >= 11 is 1.64. The molecule has 0 fully saturated rings. The van der Waals surface area contributed by atoms with Crippen molar-refractivity contribution in [3.05, 3.63) is 168 Å². The Bertz CT molecular complexity index is 1380. The van der Waals surface area contributed by atoms with Gasteiger partial charge in [0, 0.05) is 0 Å². The fourth-order valence-electron chi connectivity index (χ4n) is 3.89. The number of rotatable bonds is 4. The molecule has 6 rings (SSSR count). The van der Waals surface area contributed by atoms with Gasteiger partial charge in [0.25, 0.3) is 0 Å². The van der Waals surface area contributed by atoms with E-state index in [4.69, 9.17) is 0 Å². The second-order valence-electron chi connectivity index (χ2n) is 8.52. The molecule has 0 radical (unpaired) electrons. The molecule has 0 atom stereocenters. The van der Waals surface area contributed by atoms with Crippen LogP contribution < -0.4 is 10.4 Å². The molecule has 0 unspecified atom stereocenters. The molecule has 4 aromatic carbocycles. The summed E-state index contributed by atoms with van der Waals surface area (Å²) in [5, 5.41) is 3.03. The van der Waals surface area contributed by atoms with E-state index in [-0.39, 0.29) is 36.4 Å². The quantitative estimate of drug-likeness (QED) is 0.153. The summed E-state index contributed by atoms with van der Waals surface area (Å²) in [6, 6.07) is 34.8. The monoisotopic (exact) mass is 662 g/mol. The molecular formula is C34H28Cl2F2SiZr. The zero-order valence-electron chi connectivity index (χ0n) is 21.7. The minimum atomic E-state index is -0.455. The first-order valence-corrected chi connectivity index (χ1v) is 17.5. The van der Waals surface area contributed by atoms with Crippen LogP contribution in [0.1, 0.15) is 24.0 Å². The first-order chi connectivity index (χ1) is 18.6. The molecule has 0 nitrogen and oxygen atoms in total. The van der Waals surface area contributed by atoms with Crippen LogP contribution in [0.4, 0.5) is 8.78 Å². The fourth-order valence-corrected chi connectivity index (χ4v) is 7.74. The third-order valence-electron chi connectivity index (χ3n) is 5.79. The summed E-state index contributed by atoms with van der Waals surface area (Å²) in [6.07, 6.45) is 15.9. The Morgan fingerprint density at radius 3 is 1.27 bits per heavy atom. The number of halogens is 4. The van der Waals surface area contributed by atoms with Crippen molar-refractivity contribution in [2.75, 3.05) is 0 Å². The number of hydrogen-bond acceptors (Lipinski definition) is 0. The fraction of sp³-hybridized carbons (Fsp3) is 0.0588. The molecule has 40 heavy (non-hydrogen) atoms. The van der Waals surface area contributed by atoms with Crippen LogP contribution >= 0.6 is 24.8 Å². The van der Waals surface area contributed by atoms with Crippen LogP contribution in [0.25, 0.3) is 11.1 Å². The molecule has 4 aromatic rings. The molecule has 0 spiro atoms. The Labute approximate surface area is 263 Å². The van der Waals surface area contributed by atoms with E-state index in [9.17, 15) is 8.78 Å². The summed E-state index contributed by atoms with van der Waals surface area (Å²) in [5.74, 6) is -0.385. The second kappa shape index (κ2) is 17.9. The van der Waals surface area contributed by atoms with Crippen molar-refractivity contribution in [3.63, 3.8) is 0 Å². The molecule has 200 valence electrons. The molecule has 0 aliphatic heterocycles. The van der Waals surface area contributed by atoms with Crippen LogP contribution in [-0.2, 0) is 23.3 Å². The first kappa shape index (κ1) is 33.6. The van der Waals surface area contributed by atoms with Gasteiger partial charge in [-0.1, -0.05) is 37.1 Å². The van der Waals surface area contributed by atoms with Gasteiger partial charge in [-0.2, -0.15) is 35.5 Å². The van der Waals surface area contributed by atoms with E-state index < -0.39 is 5.43 Å². The Hall–Kier alpha value is -2.62. The maximum atomic E-state index is 12.8. The van der Waals surface area contributed by atoms with Crippen molar-refractivity contribution in [1.29, 1.82) is 0 Å². The number of benzene rings is 4. The minimum absolute atomic E-state index is 0. The molecule has 0 N–H and O–H groups in total. The van der Waals surface area contributed by atoms with Gasteiger partial charge in [-0.15, -0.1) is 60.2 Å². The van der Waals surface area contributed by atoms with Crippen LogP contribution in [0.15, 0.2) is 133 Å². The van der Waals surface area contributed by atoms with Gasteiger partial charge in [-0.05, 0) is 12.1 Å². The Balaban J connectivity index is 0.000000206.